The van der Waals surface area contributed by atoms with E-state index < -0.39 is 10.8 Å². The first-order valence-corrected chi connectivity index (χ1v) is 14.8. The minimum absolute atomic E-state index is 0.0402. The van der Waals surface area contributed by atoms with E-state index in [1.807, 2.05) is 26.0 Å². The zero-order valence-electron chi connectivity index (χ0n) is 26.5. The van der Waals surface area contributed by atoms with Crippen LogP contribution in [0.2, 0.25) is 0 Å². The Bertz CT molecular complexity index is 1080. The number of hydrogen-bond acceptors (Lipinski definition) is 4. The summed E-state index contributed by atoms with van der Waals surface area (Å²) in [6, 6.07) is 2.20. The first kappa shape index (κ1) is 30.8. The standard InChI is InChI=1S/C34H54N2O2/c1-23-20-29(3,4)15-17-34(23,36(11)12)18-16-30(5,6)33(10)14-13-26-31(7,8)28(38)25(22-35)21-32(26,9)27(33)19-24(2)37/h19,21,23,26H,13-18,20H2,1-12H3/b27-19-/t23?,26-,32-,33+,34-/m0/s1. The van der Waals surface area contributed by atoms with Gasteiger partial charge in [0.25, 0.3) is 0 Å². The number of carbonyl (C=O) groups is 2. The molecule has 212 valence electrons. The molecule has 3 aliphatic carbocycles. The van der Waals surface area contributed by atoms with Crippen molar-refractivity contribution in [2.24, 2.45) is 38.9 Å². The molecule has 1 unspecified atom stereocenters. The summed E-state index contributed by atoms with van der Waals surface area (Å²) >= 11 is 0. The molecule has 0 spiro atoms. The van der Waals surface area contributed by atoms with Gasteiger partial charge in [-0.2, -0.15) is 5.26 Å². The third-order valence-electron chi connectivity index (χ3n) is 12.0. The second kappa shape index (κ2) is 9.72. The molecule has 2 saturated carbocycles. The smallest absolute Gasteiger partial charge is 0.178 e. The summed E-state index contributed by atoms with van der Waals surface area (Å²) in [5.74, 6) is 0.646. The number of allylic oxidation sites excluding steroid dienone is 4. The Morgan fingerprint density at radius 1 is 1.13 bits per heavy atom. The van der Waals surface area contributed by atoms with Gasteiger partial charge < -0.3 is 4.90 Å². The Hall–Kier alpha value is -1.73. The lowest BCUT2D eigenvalue weighted by atomic mass is 9.42. The molecule has 0 bridgehead atoms. The van der Waals surface area contributed by atoms with Gasteiger partial charge in [0.2, 0.25) is 0 Å². The topological polar surface area (TPSA) is 61.2 Å². The highest BCUT2D eigenvalue weighted by molar-refractivity contribution is 6.04. The van der Waals surface area contributed by atoms with Crippen LogP contribution in [0.15, 0.2) is 23.3 Å². The van der Waals surface area contributed by atoms with Gasteiger partial charge in [0.15, 0.2) is 11.6 Å². The number of carbonyl (C=O) groups excluding carboxylic acids is 2. The van der Waals surface area contributed by atoms with E-state index in [0.29, 0.717) is 11.3 Å². The normalized spacial score (nSPS) is 37.9. The Morgan fingerprint density at radius 2 is 1.74 bits per heavy atom. The Balaban J connectivity index is 2.07. The van der Waals surface area contributed by atoms with Gasteiger partial charge in [0.05, 0.1) is 5.57 Å². The molecule has 0 saturated heterocycles. The first-order valence-electron chi connectivity index (χ1n) is 14.8. The minimum Gasteiger partial charge on any atom is -0.303 e. The Kier molecular flexibility index (Phi) is 7.88. The van der Waals surface area contributed by atoms with E-state index in [4.69, 9.17) is 0 Å². The number of rotatable bonds is 6. The van der Waals surface area contributed by atoms with Crippen molar-refractivity contribution in [2.75, 3.05) is 14.1 Å². The summed E-state index contributed by atoms with van der Waals surface area (Å²) in [5, 5.41) is 9.90. The number of nitrogens with zero attached hydrogens (tertiary/aromatic N) is 2. The van der Waals surface area contributed by atoms with Gasteiger partial charge in [-0.1, -0.05) is 74.0 Å². The van der Waals surface area contributed by atoms with Gasteiger partial charge in [-0.3, -0.25) is 9.59 Å². The van der Waals surface area contributed by atoms with Crippen LogP contribution >= 0.6 is 0 Å². The van der Waals surface area contributed by atoms with Crippen molar-refractivity contribution in [3.05, 3.63) is 23.3 Å². The summed E-state index contributed by atoms with van der Waals surface area (Å²) in [4.78, 5) is 28.5. The molecule has 0 aromatic rings. The molecule has 0 aromatic carbocycles. The predicted octanol–water partition coefficient (Wildman–Crippen LogP) is 7.94. The summed E-state index contributed by atoms with van der Waals surface area (Å²) < 4.78 is 0. The quantitative estimate of drug-likeness (QED) is 0.332. The minimum atomic E-state index is -0.644. The average molecular weight is 523 g/mol. The summed E-state index contributed by atoms with van der Waals surface area (Å²) in [7, 11) is 4.51. The van der Waals surface area contributed by atoms with Crippen molar-refractivity contribution in [1.29, 1.82) is 5.26 Å². The lowest BCUT2D eigenvalue weighted by Gasteiger charge is -2.61. The Morgan fingerprint density at radius 3 is 2.24 bits per heavy atom. The van der Waals surface area contributed by atoms with Crippen LogP contribution in [0.3, 0.4) is 0 Å². The molecular weight excluding hydrogens is 468 g/mol. The fraction of sp³-hybridized carbons (Fsp3) is 0.794. The third kappa shape index (κ3) is 4.76. The van der Waals surface area contributed by atoms with Crippen molar-refractivity contribution in [3.8, 4) is 6.07 Å². The molecule has 0 aliphatic heterocycles. The van der Waals surface area contributed by atoms with Crippen LogP contribution in [0.5, 0.6) is 0 Å². The van der Waals surface area contributed by atoms with E-state index >= 15 is 0 Å². The Labute approximate surface area is 233 Å². The summed E-state index contributed by atoms with van der Waals surface area (Å²) in [6.45, 7) is 22.2. The van der Waals surface area contributed by atoms with Crippen molar-refractivity contribution < 1.29 is 9.59 Å². The molecule has 0 amide bonds. The lowest BCUT2D eigenvalue weighted by Crippen LogP contribution is -2.57. The predicted molar refractivity (Wildman–Crippen MR) is 156 cm³/mol. The molecule has 0 heterocycles. The molecule has 0 aromatic heterocycles. The SMILES string of the molecule is CC(=O)/C=C1/[C@@]2(C)C=C(C#N)C(=O)C(C)(C)[C@@H]2CC[C@@]1(C)C(C)(C)CC[C@@]1(N(C)C)CCC(C)(C)CC1C. The van der Waals surface area contributed by atoms with Crippen LogP contribution in [0, 0.1) is 50.2 Å². The van der Waals surface area contributed by atoms with Crippen molar-refractivity contribution >= 4 is 11.6 Å². The maximum Gasteiger partial charge on any atom is 0.178 e. The zero-order chi connectivity index (χ0) is 29.1. The monoisotopic (exact) mass is 522 g/mol. The van der Waals surface area contributed by atoms with Gasteiger partial charge >= 0.3 is 0 Å². The highest BCUT2D eigenvalue weighted by Gasteiger charge is 2.61. The maximum atomic E-state index is 13.2. The van der Waals surface area contributed by atoms with E-state index in [1.54, 1.807) is 6.92 Å². The first-order chi connectivity index (χ1) is 17.2. The molecule has 4 heteroatoms. The van der Waals surface area contributed by atoms with E-state index in [0.717, 1.165) is 31.3 Å². The second-order valence-corrected chi connectivity index (χ2v) is 15.7. The molecule has 0 N–H and O–H groups in total. The molecule has 4 nitrogen and oxygen atoms in total. The number of Topliss-reactive ketones (excluding diaryl/α,β-unsaturated/α-hetero) is 1. The van der Waals surface area contributed by atoms with Gasteiger partial charge in [0.1, 0.15) is 6.07 Å². The van der Waals surface area contributed by atoms with E-state index in [1.165, 1.54) is 19.3 Å². The molecule has 5 atom stereocenters. The van der Waals surface area contributed by atoms with Crippen molar-refractivity contribution in [2.45, 2.75) is 120 Å². The number of fused-ring (bicyclic) bond motifs is 1. The lowest BCUT2D eigenvalue weighted by molar-refractivity contribution is -0.131. The van der Waals surface area contributed by atoms with Crippen molar-refractivity contribution in [1.82, 2.24) is 4.90 Å². The molecule has 3 rings (SSSR count). The molecule has 3 aliphatic rings. The van der Waals surface area contributed by atoms with Crippen molar-refractivity contribution in [3.63, 3.8) is 0 Å². The molecule has 38 heavy (non-hydrogen) atoms. The van der Waals surface area contributed by atoms with Gasteiger partial charge in [0, 0.05) is 16.4 Å². The summed E-state index contributed by atoms with van der Waals surface area (Å²) in [5.41, 5.74) is 0.448. The highest BCUT2D eigenvalue weighted by Crippen LogP contribution is 2.67. The fourth-order valence-corrected chi connectivity index (χ4v) is 9.10. The third-order valence-corrected chi connectivity index (χ3v) is 12.0. The van der Waals surface area contributed by atoms with E-state index in [-0.39, 0.29) is 39.4 Å². The number of hydrogen-bond donors (Lipinski definition) is 0. The largest absolute Gasteiger partial charge is 0.303 e. The highest BCUT2D eigenvalue weighted by atomic mass is 16.1. The zero-order valence-corrected chi connectivity index (χ0v) is 26.5. The average Bonchev–Trinajstić information content (AvgIpc) is 2.77. The van der Waals surface area contributed by atoms with Crippen LogP contribution in [-0.2, 0) is 9.59 Å². The maximum absolute atomic E-state index is 13.2. The van der Waals surface area contributed by atoms with Crippen LogP contribution in [0.4, 0.5) is 0 Å². The number of nitriles is 1. The second-order valence-electron chi connectivity index (χ2n) is 15.7. The van der Waals surface area contributed by atoms with Crippen LogP contribution in [0.25, 0.3) is 0 Å². The fourth-order valence-electron chi connectivity index (χ4n) is 9.10. The number of ketones is 2. The van der Waals surface area contributed by atoms with Crippen LogP contribution < -0.4 is 0 Å². The van der Waals surface area contributed by atoms with E-state index in [9.17, 15) is 14.9 Å². The summed E-state index contributed by atoms with van der Waals surface area (Å²) in [6.07, 6.45) is 11.5. The van der Waals surface area contributed by atoms with Crippen LogP contribution in [-0.4, -0.2) is 36.1 Å². The molecule has 2 fully saturated rings. The van der Waals surface area contributed by atoms with Gasteiger partial charge in [-0.05, 0) is 100 Å². The van der Waals surface area contributed by atoms with Crippen LogP contribution in [0.1, 0.15) is 114 Å². The van der Waals surface area contributed by atoms with E-state index in [2.05, 4.69) is 73.5 Å². The molecule has 0 radical (unpaired) electrons. The van der Waals surface area contributed by atoms with Gasteiger partial charge in [-0.15, -0.1) is 0 Å². The van der Waals surface area contributed by atoms with Gasteiger partial charge in [-0.25, -0.2) is 0 Å². The molecular formula is C34H54N2O2.